The maximum Gasteiger partial charge on any atom is 0.227 e. The van der Waals surface area contributed by atoms with Crippen LogP contribution in [0.2, 0.25) is 0 Å². The molecule has 148 valence electrons. The zero-order chi connectivity index (χ0) is 20.1. The lowest BCUT2D eigenvalue weighted by atomic mass is 9.95. The molecule has 1 atom stereocenters. The molecule has 0 aliphatic carbocycles. The first-order chi connectivity index (χ1) is 14.2. The van der Waals surface area contributed by atoms with Gasteiger partial charge in [-0.15, -0.1) is 0 Å². The number of rotatable bonds is 5. The monoisotopic (exact) mass is 386 g/mol. The van der Waals surface area contributed by atoms with E-state index in [-0.39, 0.29) is 11.8 Å². The van der Waals surface area contributed by atoms with Crippen molar-refractivity contribution < 1.29 is 4.79 Å². The van der Waals surface area contributed by atoms with Crippen LogP contribution in [-0.2, 0) is 17.8 Å². The predicted octanol–water partition coefficient (Wildman–Crippen LogP) is 3.28. The minimum atomic E-state index is -0.0599. The number of carbonyl (C=O) groups excluding carboxylic acids is 1. The van der Waals surface area contributed by atoms with Gasteiger partial charge >= 0.3 is 0 Å². The van der Waals surface area contributed by atoms with Crippen LogP contribution in [-0.4, -0.2) is 52.4 Å². The SMILES string of the molecule is CN1CCN(Cc2ccccn2)C[C@H](Cc2cccc(-c3cccnc3)c2)C1=O. The highest BCUT2D eigenvalue weighted by Gasteiger charge is 2.28. The van der Waals surface area contributed by atoms with E-state index in [0.717, 1.165) is 49.4 Å². The molecule has 1 saturated heterocycles. The Morgan fingerprint density at radius 1 is 1.00 bits per heavy atom. The van der Waals surface area contributed by atoms with E-state index < -0.39 is 0 Å². The number of likely N-dealkylation sites (N-methyl/N-ethyl adjacent to an activating group) is 1. The molecule has 0 spiro atoms. The maximum absolute atomic E-state index is 13.0. The zero-order valence-electron chi connectivity index (χ0n) is 16.7. The molecule has 0 saturated carbocycles. The maximum atomic E-state index is 13.0. The van der Waals surface area contributed by atoms with Gasteiger partial charge in [0.25, 0.3) is 0 Å². The van der Waals surface area contributed by atoms with Crippen molar-refractivity contribution in [2.75, 3.05) is 26.7 Å². The summed E-state index contributed by atoms with van der Waals surface area (Å²) in [6, 6.07) is 18.4. The fraction of sp³-hybridized carbons (Fsp3) is 0.292. The molecule has 5 nitrogen and oxygen atoms in total. The second-order valence-corrected chi connectivity index (χ2v) is 7.66. The van der Waals surface area contributed by atoms with E-state index in [4.69, 9.17) is 0 Å². The van der Waals surface area contributed by atoms with Crippen molar-refractivity contribution >= 4 is 5.91 Å². The Balaban J connectivity index is 1.52. The van der Waals surface area contributed by atoms with E-state index in [0.29, 0.717) is 0 Å². The van der Waals surface area contributed by atoms with Crippen molar-refractivity contribution in [1.29, 1.82) is 0 Å². The van der Waals surface area contributed by atoms with Crippen LogP contribution < -0.4 is 0 Å². The van der Waals surface area contributed by atoms with Gasteiger partial charge in [-0.3, -0.25) is 19.7 Å². The van der Waals surface area contributed by atoms with Crippen LogP contribution in [0.3, 0.4) is 0 Å². The molecule has 2 aromatic heterocycles. The number of pyridine rings is 2. The Hall–Kier alpha value is -3.05. The lowest BCUT2D eigenvalue weighted by Crippen LogP contribution is -2.34. The van der Waals surface area contributed by atoms with E-state index in [1.807, 2.05) is 48.6 Å². The summed E-state index contributed by atoms with van der Waals surface area (Å²) in [5, 5.41) is 0. The molecular weight excluding hydrogens is 360 g/mol. The third-order valence-electron chi connectivity index (χ3n) is 5.47. The fourth-order valence-corrected chi connectivity index (χ4v) is 3.91. The number of benzene rings is 1. The van der Waals surface area contributed by atoms with Crippen molar-refractivity contribution in [2.24, 2.45) is 5.92 Å². The van der Waals surface area contributed by atoms with E-state index in [2.05, 4.69) is 45.2 Å². The molecule has 1 aliphatic rings. The largest absolute Gasteiger partial charge is 0.344 e. The number of amides is 1. The fourth-order valence-electron chi connectivity index (χ4n) is 3.91. The number of aromatic nitrogens is 2. The van der Waals surface area contributed by atoms with E-state index >= 15 is 0 Å². The molecule has 5 heteroatoms. The Bertz CT molecular complexity index is 945. The van der Waals surface area contributed by atoms with E-state index in [9.17, 15) is 4.79 Å². The summed E-state index contributed by atoms with van der Waals surface area (Å²) in [5.74, 6) is 0.163. The van der Waals surface area contributed by atoms with Crippen molar-refractivity contribution in [2.45, 2.75) is 13.0 Å². The summed E-state index contributed by atoms with van der Waals surface area (Å²) < 4.78 is 0. The smallest absolute Gasteiger partial charge is 0.227 e. The second kappa shape index (κ2) is 8.97. The van der Waals surface area contributed by atoms with Crippen LogP contribution in [0.25, 0.3) is 11.1 Å². The highest BCUT2D eigenvalue weighted by molar-refractivity contribution is 5.79. The Kier molecular flexibility index (Phi) is 5.96. The highest BCUT2D eigenvalue weighted by Crippen LogP contribution is 2.23. The number of hydrogen-bond donors (Lipinski definition) is 0. The molecule has 1 aliphatic heterocycles. The standard InChI is InChI=1S/C24H26N4O/c1-27-12-13-28(18-23-9-2-3-11-26-23)17-22(24(27)29)15-19-6-4-7-20(14-19)21-8-5-10-25-16-21/h2-11,14,16,22H,12-13,15,17-18H2,1H3/t22-/m0/s1. The van der Waals surface area contributed by atoms with Crippen LogP contribution in [0.5, 0.6) is 0 Å². The molecule has 3 aromatic rings. The number of carbonyl (C=O) groups is 1. The minimum Gasteiger partial charge on any atom is -0.344 e. The van der Waals surface area contributed by atoms with Gasteiger partial charge < -0.3 is 4.90 Å². The number of nitrogens with zero attached hydrogens (tertiary/aromatic N) is 4. The summed E-state index contributed by atoms with van der Waals surface area (Å²) in [4.78, 5) is 25.9. The molecule has 1 fully saturated rings. The van der Waals surface area contributed by atoms with Gasteiger partial charge in [0.1, 0.15) is 0 Å². The van der Waals surface area contributed by atoms with Gasteiger partial charge in [-0.2, -0.15) is 0 Å². The Morgan fingerprint density at radius 2 is 1.90 bits per heavy atom. The minimum absolute atomic E-state index is 0.0599. The van der Waals surface area contributed by atoms with Gasteiger partial charge in [0.05, 0.1) is 11.6 Å². The quantitative estimate of drug-likeness (QED) is 0.675. The van der Waals surface area contributed by atoms with Gasteiger partial charge in [-0.05, 0) is 41.3 Å². The predicted molar refractivity (Wildman–Crippen MR) is 114 cm³/mol. The normalized spacial score (nSPS) is 17.9. The van der Waals surface area contributed by atoms with Gasteiger partial charge in [-0.25, -0.2) is 0 Å². The average Bonchev–Trinajstić information content (AvgIpc) is 2.89. The first-order valence-electron chi connectivity index (χ1n) is 10.1. The van der Waals surface area contributed by atoms with E-state index in [1.54, 1.807) is 6.20 Å². The molecule has 1 amide bonds. The molecule has 0 radical (unpaired) electrons. The topological polar surface area (TPSA) is 49.3 Å². The van der Waals surface area contributed by atoms with Gasteiger partial charge in [0.15, 0.2) is 0 Å². The zero-order valence-corrected chi connectivity index (χ0v) is 16.7. The molecule has 0 N–H and O–H groups in total. The summed E-state index contributed by atoms with van der Waals surface area (Å²) in [5.41, 5.74) is 4.45. The lowest BCUT2D eigenvalue weighted by molar-refractivity contribution is -0.133. The van der Waals surface area contributed by atoms with Crippen LogP contribution in [0, 0.1) is 5.92 Å². The Labute approximate surface area is 172 Å². The van der Waals surface area contributed by atoms with Crippen LogP contribution in [0.4, 0.5) is 0 Å². The van der Waals surface area contributed by atoms with Gasteiger partial charge in [0, 0.05) is 51.8 Å². The molecule has 4 rings (SSSR count). The highest BCUT2D eigenvalue weighted by atomic mass is 16.2. The summed E-state index contributed by atoms with van der Waals surface area (Å²) in [7, 11) is 1.91. The number of hydrogen-bond acceptors (Lipinski definition) is 4. The molecular formula is C24H26N4O. The van der Waals surface area contributed by atoms with Crippen molar-refractivity contribution in [1.82, 2.24) is 19.8 Å². The molecule has 1 aromatic carbocycles. The Morgan fingerprint density at radius 3 is 2.69 bits per heavy atom. The van der Waals surface area contributed by atoms with Crippen LogP contribution in [0.1, 0.15) is 11.3 Å². The first-order valence-corrected chi connectivity index (χ1v) is 10.1. The van der Waals surface area contributed by atoms with Crippen molar-refractivity contribution in [3.63, 3.8) is 0 Å². The van der Waals surface area contributed by atoms with Crippen LogP contribution >= 0.6 is 0 Å². The van der Waals surface area contributed by atoms with Gasteiger partial charge in [0.2, 0.25) is 5.91 Å². The first kappa shape index (κ1) is 19.3. The second-order valence-electron chi connectivity index (χ2n) is 7.66. The summed E-state index contributed by atoms with van der Waals surface area (Å²) >= 11 is 0. The average molecular weight is 386 g/mol. The molecule has 0 unspecified atom stereocenters. The lowest BCUT2D eigenvalue weighted by Gasteiger charge is -2.23. The van der Waals surface area contributed by atoms with Gasteiger partial charge in [-0.1, -0.05) is 36.4 Å². The van der Waals surface area contributed by atoms with Crippen molar-refractivity contribution in [3.05, 3.63) is 84.4 Å². The summed E-state index contributed by atoms with van der Waals surface area (Å²) in [6.45, 7) is 3.13. The molecule has 3 heterocycles. The van der Waals surface area contributed by atoms with E-state index in [1.165, 1.54) is 5.56 Å². The summed E-state index contributed by atoms with van der Waals surface area (Å²) in [6.07, 6.45) is 6.21. The third-order valence-corrected chi connectivity index (χ3v) is 5.47. The molecule has 29 heavy (non-hydrogen) atoms. The van der Waals surface area contributed by atoms with Crippen LogP contribution in [0.15, 0.2) is 73.2 Å². The van der Waals surface area contributed by atoms with Crippen molar-refractivity contribution in [3.8, 4) is 11.1 Å². The molecule has 0 bridgehead atoms. The third kappa shape index (κ3) is 4.87.